The summed E-state index contributed by atoms with van der Waals surface area (Å²) in [7, 11) is 1.70. The number of carbonyl (C=O) groups is 1. The van der Waals surface area contributed by atoms with Crippen molar-refractivity contribution in [3.05, 3.63) is 59.2 Å². The second-order valence-corrected chi connectivity index (χ2v) is 8.78. The van der Waals surface area contributed by atoms with Gasteiger partial charge in [0.05, 0.1) is 29.4 Å². The molecule has 0 radical (unpaired) electrons. The van der Waals surface area contributed by atoms with Gasteiger partial charge in [0.25, 0.3) is 0 Å². The van der Waals surface area contributed by atoms with Crippen LogP contribution < -0.4 is 5.32 Å². The lowest BCUT2D eigenvalue weighted by Crippen LogP contribution is -2.28. The third kappa shape index (κ3) is 4.71. The predicted octanol–water partition coefficient (Wildman–Crippen LogP) is 4.53. The first-order valence-corrected chi connectivity index (χ1v) is 11.6. The van der Waals surface area contributed by atoms with E-state index in [-0.39, 0.29) is 11.9 Å². The molecule has 1 aromatic heterocycles. The van der Waals surface area contributed by atoms with E-state index in [0.717, 1.165) is 22.6 Å². The quantitative estimate of drug-likeness (QED) is 0.541. The topological polar surface area (TPSA) is 56.1 Å². The van der Waals surface area contributed by atoms with E-state index in [2.05, 4.69) is 41.1 Å². The molecule has 0 fully saturated rings. The summed E-state index contributed by atoms with van der Waals surface area (Å²) < 4.78 is 7.38. The van der Waals surface area contributed by atoms with Crippen molar-refractivity contribution in [1.29, 1.82) is 0 Å². The number of ether oxygens (including phenoxy) is 1. The number of benzene rings is 2. The Labute approximate surface area is 182 Å². The summed E-state index contributed by atoms with van der Waals surface area (Å²) in [5, 5.41) is 4.00. The van der Waals surface area contributed by atoms with Crippen LogP contribution in [0.1, 0.15) is 42.5 Å². The molecule has 0 bridgehead atoms. The summed E-state index contributed by atoms with van der Waals surface area (Å²) in [5.41, 5.74) is 6.11. The van der Waals surface area contributed by atoms with E-state index in [1.807, 2.05) is 18.2 Å². The third-order valence-electron chi connectivity index (χ3n) is 5.72. The van der Waals surface area contributed by atoms with Gasteiger partial charge in [-0.3, -0.25) is 4.79 Å². The minimum Gasteiger partial charge on any atom is -0.383 e. The number of para-hydroxylation sites is 2. The molecule has 0 saturated carbocycles. The molecule has 0 saturated heterocycles. The second kappa shape index (κ2) is 9.67. The largest absolute Gasteiger partial charge is 0.383 e. The number of nitrogens with one attached hydrogen (secondary N) is 1. The summed E-state index contributed by atoms with van der Waals surface area (Å²) >= 11 is 1.48. The van der Waals surface area contributed by atoms with E-state index in [0.29, 0.717) is 18.9 Å². The number of amides is 1. The highest BCUT2D eigenvalue weighted by Gasteiger charge is 2.16. The molecule has 2 aromatic carbocycles. The Bertz CT molecular complexity index is 1030. The zero-order chi connectivity index (χ0) is 20.9. The summed E-state index contributed by atoms with van der Waals surface area (Å²) in [6.45, 7) is 3.38. The Morgan fingerprint density at radius 2 is 2.00 bits per heavy atom. The first-order chi connectivity index (χ1) is 14.7. The molecule has 1 amide bonds. The Morgan fingerprint density at radius 3 is 2.83 bits per heavy atom. The fraction of sp³-hybridized carbons (Fsp3) is 0.417. The van der Waals surface area contributed by atoms with Gasteiger partial charge in [0.2, 0.25) is 5.91 Å². The van der Waals surface area contributed by atoms with Crippen LogP contribution in [0.3, 0.4) is 0 Å². The van der Waals surface area contributed by atoms with Crippen LogP contribution in [0.2, 0.25) is 0 Å². The second-order valence-electron chi connectivity index (χ2n) is 7.84. The van der Waals surface area contributed by atoms with Crippen LogP contribution in [0.25, 0.3) is 11.0 Å². The first kappa shape index (κ1) is 20.9. The number of nitrogens with zero attached hydrogens (tertiary/aromatic N) is 2. The van der Waals surface area contributed by atoms with E-state index in [4.69, 9.17) is 9.72 Å². The molecule has 0 aliphatic heterocycles. The van der Waals surface area contributed by atoms with Crippen molar-refractivity contribution in [3.8, 4) is 0 Å². The van der Waals surface area contributed by atoms with Crippen molar-refractivity contribution in [2.24, 2.45) is 0 Å². The van der Waals surface area contributed by atoms with Gasteiger partial charge in [0.15, 0.2) is 5.16 Å². The molecule has 4 rings (SSSR count). The van der Waals surface area contributed by atoms with Crippen LogP contribution in [0.4, 0.5) is 0 Å². The van der Waals surface area contributed by atoms with Crippen LogP contribution >= 0.6 is 11.8 Å². The molecule has 1 heterocycles. The van der Waals surface area contributed by atoms with Gasteiger partial charge in [0.1, 0.15) is 0 Å². The minimum absolute atomic E-state index is 0.00219. The van der Waals surface area contributed by atoms with E-state index in [1.165, 1.54) is 47.7 Å². The Hall–Kier alpha value is -2.31. The number of thioether (sulfide) groups is 1. The molecule has 158 valence electrons. The van der Waals surface area contributed by atoms with Gasteiger partial charge in [0, 0.05) is 13.7 Å². The molecule has 0 spiro atoms. The zero-order valence-electron chi connectivity index (χ0n) is 17.7. The number of rotatable bonds is 8. The molecule has 1 atom stereocenters. The van der Waals surface area contributed by atoms with Gasteiger partial charge in [-0.05, 0) is 61.4 Å². The number of hydrogen-bond donors (Lipinski definition) is 1. The van der Waals surface area contributed by atoms with Gasteiger partial charge >= 0.3 is 0 Å². The van der Waals surface area contributed by atoms with Gasteiger partial charge in [-0.2, -0.15) is 0 Å². The van der Waals surface area contributed by atoms with Crippen LogP contribution in [-0.4, -0.2) is 34.9 Å². The summed E-state index contributed by atoms with van der Waals surface area (Å²) in [4.78, 5) is 17.3. The summed E-state index contributed by atoms with van der Waals surface area (Å²) in [6, 6.07) is 14.7. The maximum Gasteiger partial charge on any atom is 0.230 e. The number of aryl methyl sites for hydroxylation is 2. The normalized spacial score (nSPS) is 14.5. The van der Waals surface area contributed by atoms with Gasteiger partial charge < -0.3 is 14.6 Å². The number of methoxy groups -OCH3 is 1. The molecule has 1 N–H and O–H groups in total. The number of imidazole rings is 1. The highest BCUT2D eigenvalue weighted by Crippen LogP contribution is 2.26. The lowest BCUT2D eigenvalue weighted by atomic mass is 9.89. The van der Waals surface area contributed by atoms with Gasteiger partial charge in [-0.15, -0.1) is 0 Å². The maximum atomic E-state index is 12.6. The van der Waals surface area contributed by atoms with Crippen LogP contribution in [-0.2, 0) is 28.9 Å². The molecular formula is C24H29N3O2S. The van der Waals surface area contributed by atoms with E-state index >= 15 is 0 Å². The van der Waals surface area contributed by atoms with Gasteiger partial charge in [-0.1, -0.05) is 42.1 Å². The summed E-state index contributed by atoms with van der Waals surface area (Å²) in [6.07, 6.45) is 4.87. The summed E-state index contributed by atoms with van der Waals surface area (Å²) in [5.74, 6) is 0.363. The van der Waals surface area contributed by atoms with Crippen molar-refractivity contribution in [2.45, 2.75) is 50.4 Å². The Kier molecular flexibility index (Phi) is 6.75. The number of fused-ring (bicyclic) bond motifs is 2. The molecule has 1 aliphatic rings. The van der Waals surface area contributed by atoms with E-state index in [1.54, 1.807) is 7.11 Å². The maximum absolute atomic E-state index is 12.6. The molecule has 1 unspecified atom stereocenters. The minimum atomic E-state index is -0.00219. The fourth-order valence-corrected chi connectivity index (χ4v) is 4.93. The van der Waals surface area contributed by atoms with Crippen molar-refractivity contribution < 1.29 is 9.53 Å². The van der Waals surface area contributed by atoms with E-state index in [9.17, 15) is 4.79 Å². The van der Waals surface area contributed by atoms with Crippen molar-refractivity contribution in [3.63, 3.8) is 0 Å². The van der Waals surface area contributed by atoms with E-state index < -0.39 is 0 Å². The van der Waals surface area contributed by atoms with Crippen molar-refractivity contribution in [2.75, 3.05) is 19.5 Å². The molecule has 1 aliphatic carbocycles. The number of aromatic nitrogens is 2. The zero-order valence-corrected chi connectivity index (χ0v) is 18.5. The fourth-order valence-electron chi connectivity index (χ4n) is 4.08. The third-order valence-corrected chi connectivity index (χ3v) is 6.70. The lowest BCUT2D eigenvalue weighted by molar-refractivity contribution is -0.119. The molecular weight excluding hydrogens is 394 g/mol. The number of carbonyl (C=O) groups excluding carboxylic acids is 1. The standard InChI is InChI=1S/C24H29N3O2S/c1-17(19-12-11-18-7-3-4-8-20(18)15-19)25-23(28)16-30-24-26-21-9-5-6-10-22(21)27(24)13-14-29-2/h5-6,9-12,15,17H,3-4,7-8,13-14,16H2,1-2H3,(H,25,28). The average molecular weight is 424 g/mol. The monoisotopic (exact) mass is 423 g/mol. The average Bonchev–Trinajstić information content (AvgIpc) is 3.13. The highest BCUT2D eigenvalue weighted by atomic mass is 32.2. The molecule has 30 heavy (non-hydrogen) atoms. The number of hydrogen-bond acceptors (Lipinski definition) is 4. The smallest absolute Gasteiger partial charge is 0.230 e. The Morgan fingerprint density at radius 1 is 1.20 bits per heavy atom. The first-order valence-electron chi connectivity index (χ1n) is 10.6. The predicted molar refractivity (Wildman–Crippen MR) is 122 cm³/mol. The van der Waals surface area contributed by atoms with Crippen LogP contribution in [0.5, 0.6) is 0 Å². The molecule has 6 heteroatoms. The lowest BCUT2D eigenvalue weighted by Gasteiger charge is -2.20. The SMILES string of the molecule is COCCn1c(SCC(=O)NC(C)c2ccc3c(c2)CCCC3)nc2ccccc21. The molecule has 5 nitrogen and oxygen atoms in total. The molecule has 3 aromatic rings. The highest BCUT2D eigenvalue weighted by molar-refractivity contribution is 7.99. The van der Waals surface area contributed by atoms with Gasteiger partial charge in [-0.25, -0.2) is 4.98 Å². The Balaban J connectivity index is 1.40. The van der Waals surface area contributed by atoms with Crippen molar-refractivity contribution >= 4 is 28.7 Å². The van der Waals surface area contributed by atoms with Crippen molar-refractivity contribution in [1.82, 2.24) is 14.9 Å². The van der Waals surface area contributed by atoms with Crippen LogP contribution in [0, 0.1) is 0 Å². The van der Waals surface area contributed by atoms with Crippen LogP contribution in [0.15, 0.2) is 47.6 Å².